The van der Waals surface area contributed by atoms with Gasteiger partial charge in [0.05, 0.1) is 24.1 Å². The van der Waals surface area contributed by atoms with Crippen molar-refractivity contribution in [2.24, 2.45) is 16.7 Å². The topological polar surface area (TPSA) is 114 Å². The van der Waals surface area contributed by atoms with E-state index in [4.69, 9.17) is 14.9 Å². The molecule has 2 saturated heterocycles. The minimum atomic E-state index is -2.05. The van der Waals surface area contributed by atoms with E-state index < -0.39 is 40.4 Å². The van der Waals surface area contributed by atoms with Crippen molar-refractivity contribution >= 4 is 21.8 Å². The molecule has 4 atom stereocenters. The van der Waals surface area contributed by atoms with Gasteiger partial charge in [-0.1, -0.05) is 41.1 Å². The fourth-order valence-corrected chi connectivity index (χ4v) is 5.01. The van der Waals surface area contributed by atoms with E-state index in [-0.39, 0.29) is 0 Å². The molecule has 4 unspecified atom stereocenters. The van der Waals surface area contributed by atoms with E-state index in [2.05, 4.69) is 22.0 Å². The Hall–Kier alpha value is -3.25. The molecule has 148 valence electrons. The number of nitrogens with zero attached hydrogens (tertiary/aromatic N) is 3. The fraction of sp³-hybridized carbons (Fsp3) is 0.273. The van der Waals surface area contributed by atoms with E-state index in [0.29, 0.717) is 15.6 Å². The van der Waals surface area contributed by atoms with E-state index in [1.54, 1.807) is 31.2 Å². The second kappa shape index (κ2) is 6.64. The van der Waals surface area contributed by atoms with Crippen molar-refractivity contribution in [2.75, 3.05) is 0 Å². The molecular weight excluding hydrogens is 451 g/mol. The van der Waals surface area contributed by atoms with Gasteiger partial charge in [-0.25, -0.2) is 4.39 Å². The van der Waals surface area contributed by atoms with Crippen molar-refractivity contribution in [2.45, 2.75) is 18.8 Å². The van der Waals surface area contributed by atoms with Crippen LogP contribution in [0.15, 0.2) is 53.0 Å². The molecule has 2 heterocycles. The zero-order chi connectivity index (χ0) is 21.7. The first-order chi connectivity index (χ1) is 14.3. The second-order valence-electron chi connectivity index (χ2n) is 7.30. The lowest BCUT2D eigenvalue weighted by Gasteiger charge is -2.49. The maximum absolute atomic E-state index is 13.6. The van der Waals surface area contributed by atoms with Gasteiger partial charge in [-0.05, 0) is 35.9 Å². The van der Waals surface area contributed by atoms with Gasteiger partial charge in [0.1, 0.15) is 11.9 Å². The van der Waals surface area contributed by atoms with Crippen LogP contribution in [0.3, 0.4) is 0 Å². The Labute approximate surface area is 180 Å². The Morgan fingerprint density at radius 3 is 2.23 bits per heavy atom. The average molecular weight is 465 g/mol. The minimum absolute atomic E-state index is 0.389. The Morgan fingerprint density at radius 1 is 1.03 bits per heavy atom. The summed E-state index contributed by atoms with van der Waals surface area (Å²) in [4.78, 5) is 0. The van der Waals surface area contributed by atoms with Crippen molar-refractivity contribution in [3.63, 3.8) is 0 Å². The Bertz CT molecular complexity index is 1170. The van der Waals surface area contributed by atoms with Gasteiger partial charge in [-0.15, -0.1) is 0 Å². The summed E-state index contributed by atoms with van der Waals surface area (Å²) < 4.78 is 26.4. The van der Waals surface area contributed by atoms with Crippen LogP contribution in [0.4, 0.5) is 4.39 Å². The number of ether oxygens (including phenoxy) is 2. The first kappa shape index (κ1) is 20.0. The van der Waals surface area contributed by atoms with Crippen LogP contribution in [-0.2, 0) is 15.3 Å². The van der Waals surface area contributed by atoms with Crippen LogP contribution in [0.25, 0.3) is 0 Å². The largest absolute Gasteiger partial charge is 0.443 e. The highest BCUT2D eigenvalue weighted by Gasteiger charge is 2.79. The molecule has 6 nitrogen and oxygen atoms in total. The first-order valence-corrected chi connectivity index (χ1v) is 9.82. The molecule has 0 saturated carbocycles. The summed E-state index contributed by atoms with van der Waals surface area (Å²) in [5.74, 6) is -3.52. The molecule has 8 heteroatoms. The van der Waals surface area contributed by atoms with E-state index >= 15 is 0 Å². The molecule has 2 bridgehead atoms. The second-order valence-corrected chi connectivity index (χ2v) is 8.15. The van der Waals surface area contributed by atoms with Crippen molar-refractivity contribution in [3.05, 3.63) is 69.9 Å². The van der Waals surface area contributed by atoms with Crippen LogP contribution >= 0.6 is 15.9 Å². The first-order valence-electron chi connectivity index (χ1n) is 9.03. The predicted molar refractivity (Wildman–Crippen MR) is 106 cm³/mol. The summed E-state index contributed by atoms with van der Waals surface area (Å²) in [6.45, 7) is 1.60. The van der Waals surface area contributed by atoms with Gasteiger partial charge >= 0.3 is 0 Å². The van der Waals surface area contributed by atoms with E-state index in [1.165, 1.54) is 24.3 Å². The fourth-order valence-electron chi connectivity index (χ4n) is 4.52. The minimum Gasteiger partial charge on any atom is -0.443 e. The third-order valence-corrected chi connectivity index (χ3v) is 6.83. The molecule has 0 amide bonds. The Balaban J connectivity index is 2.06. The quantitative estimate of drug-likeness (QED) is 0.691. The summed E-state index contributed by atoms with van der Waals surface area (Å²) in [5.41, 5.74) is -3.10. The van der Waals surface area contributed by atoms with E-state index in [9.17, 15) is 20.2 Å². The summed E-state index contributed by atoms with van der Waals surface area (Å²) in [6, 6.07) is 18.3. The molecule has 0 spiro atoms. The summed E-state index contributed by atoms with van der Waals surface area (Å²) >= 11 is 3.43. The molecule has 0 aliphatic carbocycles. The van der Waals surface area contributed by atoms with Crippen molar-refractivity contribution in [1.82, 2.24) is 0 Å². The zero-order valence-corrected chi connectivity index (χ0v) is 17.3. The summed E-state index contributed by atoms with van der Waals surface area (Å²) in [6.07, 6.45) is -1.22. The van der Waals surface area contributed by atoms with Gasteiger partial charge in [0, 0.05) is 10.0 Å². The smallest absolute Gasteiger partial charge is 0.244 e. The molecule has 2 fully saturated rings. The number of hydrogen-bond acceptors (Lipinski definition) is 6. The third-order valence-electron chi connectivity index (χ3n) is 6.10. The van der Waals surface area contributed by atoms with Gasteiger partial charge < -0.3 is 9.47 Å². The number of benzene rings is 2. The summed E-state index contributed by atoms with van der Waals surface area (Å²) in [5, 5.41) is 39.1. The molecule has 30 heavy (non-hydrogen) atoms. The number of halogens is 2. The standard InChI is InChI=1S/C22H14BrFN4O2/c1-13-21(12-27)19(28)30-22(13,14-6-8-15(24)9-7-14)29-18(20(21,10-25)11-26)16-4-2-3-5-17(16)23/h2-9,13,18,28H,1H3. The maximum atomic E-state index is 13.6. The molecule has 2 aromatic carbocycles. The molecular formula is C22H14BrFN4O2. The van der Waals surface area contributed by atoms with Crippen LogP contribution in [-0.4, -0.2) is 5.90 Å². The van der Waals surface area contributed by atoms with Crippen LogP contribution < -0.4 is 0 Å². The lowest BCUT2D eigenvalue weighted by Crippen LogP contribution is -2.57. The van der Waals surface area contributed by atoms with Crippen molar-refractivity contribution in [3.8, 4) is 18.2 Å². The molecule has 1 N–H and O–H groups in total. The number of fused-ring (bicyclic) bond motifs is 2. The maximum Gasteiger partial charge on any atom is 0.244 e. The summed E-state index contributed by atoms with van der Waals surface area (Å²) in [7, 11) is 0. The highest BCUT2D eigenvalue weighted by atomic mass is 79.9. The number of nitriles is 3. The van der Waals surface area contributed by atoms with Crippen molar-refractivity contribution < 1.29 is 13.9 Å². The van der Waals surface area contributed by atoms with Crippen LogP contribution in [0.1, 0.15) is 24.2 Å². The third kappa shape index (κ3) is 2.20. The van der Waals surface area contributed by atoms with Crippen LogP contribution in [0, 0.1) is 62.0 Å². The Kier molecular flexibility index (Phi) is 4.43. The molecule has 0 radical (unpaired) electrons. The molecule has 2 aromatic rings. The average Bonchev–Trinajstić information content (AvgIpc) is 2.91. The highest BCUT2D eigenvalue weighted by Crippen LogP contribution is 2.69. The Morgan fingerprint density at radius 2 is 1.67 bits per heavy atom. The molecule has 4 rings (SSSR count). The van der Waals surface area contributed by atoms with Gasteiger partial charge in [0.25, 0.3) is 0 Å². The number of rotatable bonds is 2. The predicted octanol–water partition coefficient (Wildman–Crippen LogP) is 4.70. The van der Waals surface area contributed by atoms with Gasteiger partial charge in [-0.3, -0.25) is 5.41 Å². The van der Waals surface area contributed by atoms with E-state index in [0.717, 1.165) is 0 Å². The number of nitrogens with one attached hydrogen (secondary N) is 1. The zero-order valence-electron chi connectivity index (χ0n) is 15.7. The SMILES string of the molecule is CC1C2(c3ccc(F)cc3)OC(=N)C1(C#N)C(C#N)(C#N)C(c1ccccc1Br)O2. The normalized spacial score (nSPS) is 31.1. The van der Waals surface area contributed by atoms with Gasteiger partial charge in [0.15, 0.2) is 5.41 Å². The number of hydrogen-bond donors (Lipinski definition) is 1. The van der Waals surface area contributed by atoms with Gasteiger partial charge in [-0.2, -0.15) is 15.8 Å². The molecule has 2 aliphatic rings. The van der Waals surface area contributed by atoms with Crippen molar-refractivity contribution in [1.29, 1.82) is 21.2 Å². The van der Waals surface area contributed by atoms with Crippen LogP contribution in [0.5, 0.6) is 0 Å². The molecule has 2 aliphatic heterocycles. The molecule has 0 aromatic heterocycles. The highest BCUT2D eigenvalue weighted by molar-refractivity contribution is 9.10. The monoisotopic (exact) mass is 464 g/mol. The van der Waals surface area contributed by atoms with Crippen LogP contribution in [0.2, 0.25) is 0 Å². The van der Waals surface area contributed by atoms with Gasteiger partial charge in [0.2, 0.25) is 17.1 Å². The lowest BCUT2D eigenvalue weighted by molar-refractivity contribution is -0.288. The van der Waals surface area contributed by atoms with E-state index in [1.807, 2.05) is 12.1 Å². The lowest BCUT2D eigenvalue weighted by atomic mass is 9.53.